The summed E-state index contributed by atoms with van der Waals surface area (Å²) in [7, 11) is 1.76. The molecule has 228 valence electrons. The second kappa shape index (κ2) is 13.2. The maximum absolute atomic E-state index is 13.3. The van der Waals surface area contributed by atoms with Gasteiger partial charge >= 0.3 is 0 Å². The molecule has 1 aliphatic carbocycles. The maximum Gasteiger partial charge on any atom is 0.221 e. The van der Waals surface area contributed by atoms with Gasteiger partial charge in [0.2, 0.25) is 5.91 Å². The molecule has 2 fully saturated rings. The van der Waals surface area contributed by atoms with Crippen molar-refractivity contribution in [2.75, 3.05) is 39.8 Å². The average Bonchev–Trinajstić information content (AvgIpc) is 3.04. The summed E-state index contributed by atoms with van der Waals surface area (Å²) in [5.41, 5.74) is 5.84. The Morgan fingerprint density at radius 3 is 2.58 bits per heavy atom. The van der Waals surface area contributed by atoms with Crippen molar-refractivity contribution >= 4 is 5.91 Å². The van der Waals surface area contributed by atoms with Gasteiger partial charge in [-0.25, -0.2) is 0 Å². The predicted molar refractivity (Wildman–Crippen MR) is 174 cm³/mol. The number of hydrogen-bond donors (Lipinski definition) is 1. The lowest BCUT2D eigenvalue weighted by molar-refractivity contribution is -0.123. The van der Waals surface area contributed by atoms with Gasteiger partial charge in [0.1, 0.15) is 5.75 Å². The van der Waals surface area contributed by atoms with E-state index in [9.17, 15) is 4.79 Å². The topological polar surface area (TPSA) is 44.8 Å². The highest BCUT2D eigenvalue weighted by molar-refractivity contribution is 5.76. The van der Waals surface area contributed by atoms with Crippen LogP contribution in [0.3, 0.4) is 0 Å². The number of hydrogen-bond acceptors (Lipinski definition) is 4. The number of aryl methyl sites for hydroxylation is 1. The number of piperidine rings is 1. The molecule has 2 heterocycles. The summed E-state index contributed by atoms with van der Waals surface area (Å²) in [5, 5.41) is 3.50. The first-order valence-electron chi connectivity index (χ1n) is 16.5. The summed E-state index contributed by atoms with van der Waals surface area (Å²) < 4.78 is 5.69. The van der Waals surface area contributed by atoms with E-state index in [-0.39, 0.29) is 22.8 Å². The highest BCUT2D eigenvalue weighted by atomic mass is 16.5. The van der Waals surface area contributed by atoms with Crippen molar-refractivity contribution in [1.82, 2.24) is 15.1 Å². The number of likely N-dealkylation sites (tertiary alicyclic amines) is 1. The van der Waals surface area contributed by atoms with E-state index >= 15 is 0 Å². The number of carbonyl (C=O) groups excluding carboxylic acids is 1. The van der Waals surface area contributed by atoms with Crippen LogP contribution < -0.4 is 10.1 Å². The third kappa shape index (κ3) is 6.68. The second-order valence-corrected chi connectivity index (χ2v) is 13.5. The minimum absolute atomic E-state index is 0.0181. The molecule has 3 atom stereocenters. The number of carbonyl (C=O) groups is 1. The lowest BCUT2D eigenvalue weighted by Crippen LogP contribution is -2.61. The smallest absolute Gasteiger partial charge is 0.221 e. The van der Waals surface area contributed by atoms with Crippen molar-refractivity contribution in [3.8, 4) is 5.75 Å². The predicted octanol–water partition coefficient (Wildman–Crippen LogP) is 6.39. The standard InChI is InChI=1S/C38H49N3O2/c1-37-20-17-34(39-36(42)19-24-40-23-18-31-13-6-7-14-32(31)28-40)27-38(37,33-15-8-16-35(26-33)43-2)21-25-41(29-37)22-9-12-30-10-4-3-5-11-30/h3-8,10-11,13-16,26,34H,9,12,17-25,27-29H2,1-2H3,(H,39,42). The molecular weight excluding hydrogens is 530 g/mol. The van der Waals surface area contributed by atoms with Crippen molar-refractivity contribution in [3.05, 3.63) is 101 Å². The van der Waals surface area contributed by atoms with Gasteiger partial charge in [0.25, 0.3) is 0 Å². The Labute approximate surface area is 258 Å². The fourth-order valence-corrected chi connectivity index (χ4v) is 8.36. The first kappa shape index (κ1) is 29.9. The van der Waals surface area contributed by atoms with Crippen LogP contribution in [0, 0.1) is 5.41 Å². The third-order valence-corrected chi connectivity index (χ3v) is 10.9. The van der Waals surface area contributed by atoms with E-state index in [0.29, 0.717) is 6.42 Å². The van der Waals surface area contributed by atoms with Crippen LogP contribution >= 0.6 is 0 Å². The van der Waals surface area contributed by atoms with Gasteiger partial charge < -0.3 is 15.0 Å². The number of amides is 1. The molecule has 5 heteroatoms. The minimum Gasteiger partial charge on any atom is -0.497 e. The van der Waals surface area contributed by atoms with Crippen LogP contribution in [0.5, 0.6) is 5.75 Å². The Bertz CT molecular complexity index is 1380. The Balaban J connectivity index is 1.10. The summed E-state index contributed by atoms with van der Waals surface area (Å²) in [6.45, 7) is 8.67. The van der Waals surface area contributed by atoms with Crippen LogP contribution in [-0.2, 0) is 29.6 Å². The van der Waals surface area contributed by atoms with Crippen LogP contribution in [0.4, 0.5) is 0 Å². The molecule has 2 aliphatic heterocycles. The Morgan fingerprint density at radius 2 is 1.74 bits per heavy atom. The lowest BCUT2D eigenvalue weighted by Gasteiger charge is -2.60. The number of fused-ring (bicyclic) bond motifs is 2. The van der Waals surface area contributed by atoms with Crippen molar-refractivity contribution in [3.63, 3.8) is 0 Å². The van der Waals surface area contributed by atoms with Crippen molar-refractivity contribution < 1.29 is 9.53 Å². The summed E-state index contributed by atoms with van der Waals surface area (Å²) in [6.07, 6.45) is 8.23. The Kier molecular flexibility index (Phi) is 9.20. The Hall–Kier alpha value is -3.15. The third-order valence-electron chi connectivity index (χ3n) is 10.9. The van der Waals surface area contributed by atoms with Gasteiger partial charge in [0, 0.05) is 44.1 Å². The van der Waals surface area contributed by atoms with E-state index in [1.165, 1.54) is 28.7 Å². The van der Waals surface area contributed by atoms with Gasteiger partial charge in [-0.1, -0.05) is 73.7 Å². The summed E-state index contributed by atoms with van der Waals surface area (Å²) >= 11 is 0. The molecule has 0 spiro atoms. The number of benzene rings is 3. The van der Waals surface area contributed by atoms with Gasteiger partial charge in [-0.05, 0) is 97.8 Å². The van der Waals surface area contributed by atoms with E-state index in [1.807, 2.05) is 0 Å². The molecule has 3 aliphatic rings. The Morgan fingerprint density at radius 1 is 0.930 bits per heavy atom. The molecule has 1 N–H and O–H groups in total. The largest absolute Gasteiger partial charge is 0.497 e. The van der Waals surface area contributed by atoms with Crippen LogP contribution in [0.2, 0.25) is 0 Å². The summed E-state index contributed by atoms with van der Waals surface area (Å²) in [6, 6.07) is 28.6. The summed E-state index contributed by atoms with van der Waals surface area (Å²) in [4.78, 5) is 18.4. The zero-order valence-corrected chi connectivity index (χ0v) is 26.2. The molecule has 3 unspecified atom stereocenters. The first-order chi connectivity index (χ1) is 21.0. The van der Waals surface area contributed by atoms with Crippen molar-refractivity contribution in [2.24, 2.45) is 5.41 Å². The minimum atomic E-state index is 0.0181. The molecule has 1 saturated heterocycles. The molecule has 0 radical (unpaired) electrons. The fraction of sp³-hybridized carbons (Fsp3) is 0.500. The van der Waals surface area contributed by atoms with Gasteiger partial charge in [-0.15, -0.1) is 0 Å². The van der Waals surface area contributed by atoms with Crippen molar-refractivity contribution in [2.45, 2.75) is 76.3 Å². The zero-order valence-electron chi connectivity index (χ0n) is 26.2. The monoisotopic (exact) mass is 579 g/mol. The SMILES string of the molecule is COc1cccc(C23CCN(CCCc4ccccc4)CC2(C)CCC(NC(=O)CCN2CCc4ccccc4C2)C3)c1. The molecule has 1 amide bonds. The molecule has 5 nitrogen and oxygen atoms in total. The van der Waals surface area contributed by atoms with Crippen LogP contribution in [0.1, 0.15) is 67.7 Å². The molecular formula is C38H49N3O2. The quantitative estimate of drug-likeness (QED) is 0.302. The first-order valence-corrected chi connectivity index (χ1v) is 16.5. The van der Waals surface area contributed by atoms with E-state index in [2.05, 4.69) is 101 Å². The number of nitrogens with one attached hydrogen (secondary N) is 1. The van der Waals surface area contributed by atoms with Crippen LogP contribution in [-0.4, -0.2) is 61.6 Å². The number of ether oxygens (including phenoxy) is 1. The lowest BCUT2D eigenvalue weighted by atomic mass is 9.50. The molecule has 3 aromatic rings. The molecule has 43 heavy (non-hydrogen) atoms. The van der Waals surface area contributed by atoms with Gasteiger partial charge in [-0.3, -0.25) is 9.69 Å². The van der Waals surface area contributed by atoms with E-state index in [0.717, 1.165) is 83.5 Å². The number of nitrogens with zero attached hydrogens (tertiary/aromatic N) is 2. The van der Waals surface area contributed by atoms with E-state index in [4.69, 9.17) is 4.74 Å². The van der Waals surface area contributed by atoms with Crippen LogP contribution in [0.25, 0.3) is 0 Å². The number of rotatable bonds is 10. The van der Waals surface area contributed by atoms with Crippen molar-refractivity contribution in [1.29, 1.82) is 0 Å². The highest BCUT2D eigenvalue weighted by Crippen LogP contribution is 2.57. The summed E-state index contributed by atoms with van der Waals surface area (Å²) in [5.74, 6) is 1.13. The van der Waals surface area contributed by atoms with Gasteiger partial charge in [-0.2, -0.15) is 0 Å². The van der Waals surface area contributed by atoms with E-state index in [1.54, 1.807) is 7.11 Å². The average molecular weight is 580 g/mol. The second-order valence-electron chi connectivity index (χ2n) is 13.5. The highest BCUT2D eigenvalue weighted by Gasteiger charge is 2.55. The molecule has 6 rings (SSSR count). The zero-order chi connectivity index (χ0) is 29.7. The van der Waals surface area contributed by atoms with E-state index < -0.39 is 0 Å². The maximum atomic E-state index is 13.3. The van der Waals surface area contributed by atoms with Gasteiger partial charge in [0.05, 0.1) is 7.11 Å². The molecule has 3 aromatic carbocycles. The molecule has 0 aromatic heterocycles. The van der Waals surface area contributed by atoms with Crippen LogP contribution in [0.15, 0.2) is 78.9 Å². The molecule has 0 bridgehead atoms. The normalized spacial score (nSPS) is 25.9. The fourth-order valence-electron chi connectivity index (χ4n) is 8.36. The van der Waals surface area contributed by atoms with Gasteiger partial charge in [0.15, 0.2) is 0 Å². The molecule has 1 saturated carbocycles. The number of methoxy groups -OCH3 is 1.